The zero-order valence-electron chi connectivity index (χ0n) is 62.0. The van der Waals surface area contributed by atoms with Crippen LogP contribution in [0.4, 0.5) is 0 Å². The van der Waals surface area contributed by atoms with Crippen LogP contribution in [-0.4, -0.2) is 96.7 Å². The predicted octanol–water partition coefficient (Wildman–Crippen LogP) is 22.3. The first-order chi connectivity index (χ1) is 45.9. The van der Waals surface area contributed by atoms with E-state index in [-0.39, 0.29) is 25.7 Å². The first-order valence-corrected chi connectivity index (χ1v) is 42.5. The fourth-order valence-electron chi connectivity index (χ4n) is 11.6. The minimum Gasteiger partial charge on any atom is -0.462 e. The summed E-state index contributed by atoms with van der Waals surface area (Å²) in [6.45, 7) is 9.57. The number of hydrogen-bond acceptors (Lipinski definition) is 15. The molecule has 564 valence electrons. The standard InChI is InChI=1S/C76H148O17P2/c1-7-10-12-14-16-18-20-21-22-26-29-32-36-40-47-53-59-74(79)86-64-71(92-75(80)60-54-48-41-37-33-30-27-24-23-25-28-31-34-38-44-50-56-68(4)5)66-90-94(82,83)88-62-70(77)63-89-95(84,85)91-67-72(93-76(81)61-55-49-43-42-45-51-57-69(6)9-3)65-87-73(78)58-52-46-39-35-19-17-15-13-11-8-2/h68-72,77H,7-67H2,1-6H3,(H,82,83)(H,84,85)/t69?,70-,71-,72-/m1/s1. The van der Waals surface area contributed by atoms with Crippen LogP contribution in [0.3, 0.4) is 0 Å². The third kappa shape index (κ3) is 69.0. The summed E-state index contributed by atoms with van der Waals surface area (Å²) < 4.78 is 68.5. The summed E-state index contributed by atoms with van der Waals surface area (Å²) in [4.78, 5) is 72.7. The molecule has 95 heavy (non-hydrogen) atoms. The van der Waals surface area contributed by atoms with Gasteiger partial charge in [0, 0.05) is 25.7 Å². The van der Waals surface area contributed by atoms with E-state index in [9.17, 15) is 43.2 Å². The minimum atomic E-state index is -4.96. The van der Waals surface area contributed by atoms with Crippen LogP contribution in [0.5, 0.6) is 0 Å². The van der Waals surface area contributed by atoms with Crippen LogP contribution in [0.2, 0.25) is 0 Å². The number of phosphoric acid groups is 2. The number of phosphoric ester groups is 2. The Balaban J connectivity index is 5.22. The molecule has 0 bridgehead atoms. The summed E-state index contributed by atoms with van der Waals surface area (Å²) in [6.07, 6.45) is 55.5. The molecule has 0 saturated heterocycles. The minimum absolute atomic E-state index is 0.103. The highest BCUT2D eigenvalue weighted by Crippen LogP contribution is 2.45. The number of carbonyl (C=O) groups is 4. The van der Waals surface area contributed by atoms with Crippen molar-refractivity contribution < 1.29 is 80.2 Å². The van der Waals surface area contributed by atoms with Gasteiger partial charge in [-0.15, -0.1) is 0 Å². The molecule has 0 spiro atoms. The molecule has 0 radical (unpaired) electrons. The summed E-state index contributed by atoms with van der Waals surface area (Å²) in [5.74, 6) is -0.588. The molecular formula is C76H148O17P2. The average Bonchev–Trinajstić information content (AvgIpc) is 2.07. The molecule has 19 heteroatoms. The van der Waals surface area contributed by atoms with Gasteiger partial charge >= 0.3 is 39.5 Å². The second-order valence-electron chi connectivity index (χ2n) is 28.1. The Hall–Kier alpha value is -1.94. The number of esters is 4. The molecule has 0 aromatic rings. The van der Waals surface area contributed by atoms with E-state index in [1.54, 1.807) is 0 Å². The van der Waals surface area contributed by atoms with Gasteiger partial charge in [-0.05, 0) is 37.5 Å². The Kier molecular flexibility index (Phi) is 66.5. The van der Waals surface area contributed by atoms with E-state index in [1.165, 1.54) is 212 Å². The van der Waals surface area contributed by atoms with E-state index in [4.69, 9.17) is 37.0 Å². The Bertz CT molecular complexity index is 1840. The van der Waals surface area contributed by atoms with Gasteiger partial charge < -0.3 is 33.8 Å². The van der Waals surface area contributed by atoms with Crippen LogP contribution in [-0.2, 0) is 65.4 Å². The van der Waals surface area contributed by atoms with Crippen LogP contribution in [0, 0.1) is 11.8 Å². The molecule has 0 aliphatic rings. The molecule has 0 rings (SSSR count). The molecule has 0 heterocycles. The molecular weight excluding hydrogens is 1250 g/mol. The van der Waals surface area contributed by atoms with Gasteiger partial charge in [0.1, 0.15) is 19.3 Å². The number of unbranched alkanes of at least 4 members (excludes halogenated alkanes) is 44. The van der Waals surface area contributed by atoms with E-state index >= 15 is 0 Å². The van der Waals surface area contributed by atoms with Gasteiger partial charge in [0.15, 0.2) is 12.2 Å². The number of ether oxygens (including phenoxy) is 4. The molecule has 0 saturated carbocycles. The van der Waals surface area contributed by atoms with Crippen molar-refractivity contribution in [2.75, 3.05) is 39.6 Å². The van der Waals surface area contributed by atoms with E-state index < -0.39 is 97.5 Å². The van der Waals surface area contributed by atoms with Gasteiger partial charge in [0.05, 0.1) is 26.4 Å². The number of aliphatic hydroxyl groups is 1. The van der Waals surface area contributed by atoms with E-state index in [2.05, 4.69) is 41.5 Å². The van der Waals surface area contributed by atoms with Crippen LogP contribution < -0.4 is 0 Å². The molecule has 3 N–H and O–H groups in total. The molecule has 0 aliphatic heterocycles. The normalized spacial score (nSPS) is 14.3. The summed E-state index contributed by atoms with van der Waals surface area (Å²) in [6, 6.07) is 0. The SMILES string of the molecule is CCCCCCCCCCCCCCCCCCC(=O)OC[C@H](COP(=O)(O)OC[C@@H](O)COP(=O)(O)OC[C@@H](COC(=O)CCCCCCCCCCCC)OC(=O)CCCCCCCCC(C)CC)OC(=O)CCCCCCCCCCCCCCCCCCC(C)C. The van der Waals surface area contributed by atoms with Gasteiger partial charge in [-0.2, -0.15) is 0 Å². The lowest BCUT2D eigenvalue weighted by Crippen LogP contribution is -2.30. The Morgan fingerprint density at radius 3 is 0.800 bits per heavy atom. The van der Waals surface area contributed by atoms with E-state index in [0.29, 0.717) is 25.7 Å². The highest BCUT2D eigenvalue weighted by molar-refractivity contribution is 7.47. The first kappa shape index (κ1) is 93.1. The molecule has 0 amide bonds. The molecule has 0 aliphatic carbocycles. The van der Waals surface area contributed by atoms with E-state index in [0.717, 1.165) is 102 Å². The van der Waals surface area contributed by atoms with Crippen molar-refractivity contribution >= 4 is 39.5 Å². The predicted molar refractivity (Wildman–Crippen MR) is 386 cm³/mol. The summed E-state index contributed by atoms with van der Waals surface area (Å²) in [7, 11) is -9.91. The molecule has 0 aromatic heterocycles. The van der Waals surface area contributed by atoms with Crippen molar-refractivity contribution in [3.8, 4) is 0 Å². The average molecular weight is 1400 g/mol. The molecule has 3 unspecified atom stereocenters. The number of carbonyl (C=O) groups excluding carboxylic acids is 4. The van der Waals surface area contributed by atoms with Crippen LogP contribution in [0.1, 0.15) is 395 Å². The number of aliphatic hydroxyl groups excluding tert-OH is 1. The second kappa shape index (κ2) is 67.9. The van der Waals surface area contributed by atoms with E-state index in [1.807, 2.05) is 0 Å². The fourth-order valence-corrected chi connectivity index (χ4v) is 13.2. The van der Waals surface area contributed by atoms with Crippen LogP contribution >= 0.6 is 15.6 Å². The third-order valence-electron chi connectivity index (χ3n) is 18.1. The van der Waals surface area contributed by atoms with Crippen molar-refractivity contribution in [1.29, 1.82) is 0 Å². The van der Waals surface area contributed by atoms with Gasteiger partial charge in [-0.25, -0.2) is 9.13 Å². The monoisotopic (exact) mass is 1400 g/mol. The Labute approximate surface area is 581 Å². The number of rotatable bonds is 75. The zero-order chi connectivity index (χ0) is 70.0. The van der Waals surface area contributed by atoms with Crippen LogP contribution in [0.15, 0.2) is 0 Å². The van der Waals surface area contributed by atoms with Gasteiger partial charge in [-0.1, -0.05) is 343 Å². The summed E-state index contributed by atoms with van der Waals surface area (Å²) >= 11 is 0. The quantitative estimate of drug-likeness (QED) is 0.0222. The van der Waals surface area contributed by atoms with Gasteiger partial charge in [0.2, 0.25) is 0 Å². The molecule has 0 fully saturated rings. The summed E-state index contributed by atoms with van der Waals surface area (Å²) in [5, 5.41) is 10.6. The van der Waals surface area contributed by atoms with Crippen molar-refractivity contribution in [1.82, 2.24) is 0 Å². The topological polar surface area (TPSA) is 237 Å². The van der Waals surface area contributed by atoms with Crippen LogP contribution in [0.25, 0.3) is 0 Å². The van der Waals surface area contributed by atoms with Gasteiger partial charge in [0.25, 0.3) is 0 Å². The fraction of sp³-hybridized carbons (Fsp3) is 0.947. The van der Waals surface area contributed by atoms with Gasteiger partial charge in [-0.3, -0.25) is 37.3 Å². The van der Waals surface area contributed by atoms with Crippen molar-refractivity contribution in [2.45, 2.75) is 413 Å². The highest BCUT2D eigenvalue weighted by atomic mass is 31.2. The number of hydrogen-bond donors (Lipinski definition) is 3. The maximum absolute atomic E-state index is 13.1. The van der Waals surface area contributed by atoms with Crippen molar-refractivity contribution in [3.63, 3.8) is 0 Å². The summed E-state index contributed by atoms with van der Waals surface area (Å²) in [5.41, 5.74) is 0. The molecule has 17 nitrogen and oxygen atoms in total. The lowest BCUT2D eigenvalue weighted by atomic mass is 10.00. The Morgan fingerprint density at radius 1 is 0.305 bits per heavy atom. The third-order valence-corrected chi connectivity index (χ3v) is 20.0. The highest BCUT2D eigenvalue weighted by Gasteiger charge is 2.30. The largest absolute Gasteiger partial charge is 0.472 e. The zero-order valence-corrected chi connectivity index (χ0v) is 63.8. The maximum atomic E-state index is 13.1. The smallest absolute Gasteiger partial charge is 0.462 e. The second-order valence-corrected chi connectivity index (χ2v) is 31.0. The lowest BCUT2D eigenvalue weighted by Gasteiger charge is -2.21. The van der Waals surface area contributed by atoms with Crippen molar-refractivity contribution in [3.05, 3.63) is 0 Å². The Morgan fingerprint density at radius 2 is 0.537 bits per heavy atom. The van der Waals surface area contributed by atoms with Crippen molar-refractivity contribution in [2.24, 2.45) is 11.8 Å². The lowest BCUT2D eigenvalue weighted by molar-refractivity contribution is -0.161. The maximum Gasteiger partial charge on any atom is 0.472 e. The first-order valence-electron chi connectivity index (χ1n) is 39.5. The molecule has 0 aromatic carbocycles. The molecule has 6 atom stereocenters.